The number of piperazine rings is 1. The first kappa shape index (κ1) is 19.8. The number of carbonyl (C=O) groups is 1. The third-order valence-corrected chi connectivity index (χ3v) is 7.31. The zero-order valence-corrected chi connectivity index (χ0v) is 17.1. The summed E-state index contributed by atoms with van der Waals surface area (Å²) in [6.45, 7) is 3.19. The van der Waals surface area contributed by atoms with Crippen molar-refractivity contribution in [1.29, 1.82) is 0 Å². The third-order valence-electron chi connectivity index (χ3n) is 5.41. The van der Waals surface area contributed by atoms with Gasteiger partial charge >= 0.3 is 0 Å². The molecule has 0 bridgehead atoms. The zero-order chi connectivity index (χ0) is 20.3. The summed E-state index contributed by atoms with van der Waals surface area (Å²) in [6.07, 6.45) is 5.18. The lowest BCUT2D eigenvalue weighted by molar-refractivity contribution is -0.116. The molecule has 0 aliphatic carbocycles. The Morgan fingerprint density at radius 3 is 2.48 bits per heavy atom. The molecular formula is C22H25N3O3S. The molecule has 1 amide bonds. The number of nitrogens with zero attached hydrogens (tertiary/aromatic N) is 2. The van der Waals surface area contributed by atoms with Crippen molar-refractivity contribution < 1.29 is 13.2 Å². The van der Waals surface area contributed by atoms with E-state index >= 15 is 0 Å². The molecule has 2 aromatic carbocycles. The van der Waals surface area contributed by atoms with Crippen LogP contribution in [0.3, 0.4) is 0 Å². The fourth-order valence-electron chi connectivity index (χ4n) is 3.72. The van der Waals surface area contributed by atoms with Crippen molar-refractivity contribution in [2.24, 2.45) is 0 Å². The average molecular weight is 412 g/mol. The smallest absolute Gasteiger partial charge is 0.243 e. The number of rotatable bonds is 5. The molecule has 4 rings (SSSR count). The Kier molecular flexibility index (Phi) is 5.80. The molecule has 0 unspecified atom stereocenters. The van der Waals surface area contributed by atoms with Gasteiger partial charge in [-0.05, 0) is 35.7 Å². The van der Waals surface area contributed by atoms with Crippen LogP contribution in [0.2, 0.25) is 0 Å². The molecule has 2 aliphatic heterocycles. The minimum Gasteiger partial charge on any atom is -0.326 e. The summed E-state index contributed by atoms with van der Waals surface area (Å²) in [7, 11) is -3.52. The van der Waals surface area contributed by atoms with Crippen LogP contribution in [0.4, 0.5) is 5.69 Å². The van der Waals surface area contributed by atoms with E-state index in [2.05, 4.69) is 34.5 Å². The predicted molar refractivity (Wildman–Crippen MR) is 114 cm³/mol. The average Bonchev–Trinajstić information content (AvgIpc) is 2.74. The second-order valence-electron chi connectivity index (χ2n) is 7.38. The van der Waals surface area contributed by atoms with Gasteiger partial charge in [-0.25, -0.2) is 8.42 Å². The monoisotopic (exact) mass is 411 g/mol. The highest BCUT2D eigenvalue weighted by molar-refractivity contribution is 7.89. The van der Waals surface area contributed by atoms with Crippen molar-refractivity contribution in [3.8, 4) is 0 Å². The van der Waals surface area contributed by atoms with Crippen molar-refractivity contribution in [3.63, 3.8) is 0 Å². The van der Waals surface area contributed by atoms with E-state index in [-0.39, 0.29) is 5.91 Å². The van der Waals surface area contributed by atoms with Crippen LogP contribution in [0.5, 0.6) is 0 Å². The zero-order valence-electron chi connectivity index (χ0n) is 16.3. The van der Waals surface area contributed by atoms with Crippen molar-refractivity contribution in [2.45, 2.75) is 17.7 Å². The number of sulfonamides is 1. The summed E-state index contributed by atoms with van der Waals surface area (Å²) in [4.78, 5) is 14.1. The predicted octanol–water partition coefficient (Wildman–Crippen LogP) is 2.59. The molecule has 7 heteroatoms. The molecule has 6 nitrogen and oxygen atoms in total. The number of hydrogen-bond donors (Lipinski definition) is 1. The minimum atomic E-state index is -3.52. The number of anilines is 1. The van der Waals surface area contributed by atoms with Gasteiger partial charge in [-0.3, -0.25) is 9.69 Å². The summed E-state index contributed by atoms with van der Waals surface area (Å²) in [6, 6.07) is 15.1. The molecule has 152 valence electrons. The molecule has 1 fully saturated rings. The quantitative estimate of drug-likeness (QED) is 0.821. The van der Waals surface area contributed by atoms with Gasteiger partial charge in [0.2, 0.25) is 15.9 Å². The number of carbonyl (C=O) groups excluding carboxylic acids is 1. The van der Waals surface area contributed by atoms with Gasteiger partial charge in [-0.2, -0.15) is 4.31 Å². The van der Waals surface area contributed by atoms with Gasteiger partial charge in [0.15, 0.2) is 0 Å². The first-order valence-electron chi connectivity index (χ1n) is 9.89. The number of amides is 1. The second-order valence-corrected chi connectivity index (χ2v) is 9.32. The molecule has 29 heavy (non-hydrogen) atoms. The Morgan fingerprint density at radius 1 is 0.966 bits per heavy atom. The van der Waals surface area contributed by atoms with E-state index in [0.717, 1.165) is 23.4 Å². The van der Waals surface area contributed by atoms with E-state index in [0.29, 0.717) is 43.9 Å². The molecule has 2 aromatic rings. The number of benzene rings is 2. The number of hydrogen-bond acceptors (Lipinski definition) is 4. The largest absolute Gasteiger partial charge is 0.326 e. The van der Waals surface area contributed by atoms with E-state index < -0.39 is 10.0 Å². The molecule has 0 saturated carbocycles. The molecular weight excluding hydrogens is 386 g/mol. The fourth-order valence-corrected chi connectivity index (χ4v) is 5.20. The summed E-state index contributed by atoms with van der Waals surface area (Å²) in [5.41, 5.74) is 2.77. The van der Waals surface area contributed by atoms with E-state index in [4.69, 9.17) is 0 Å². The van der Waals surface area contributed by atoms with E-state index in [1.807, 2.05) is 18.2 Å². The van der Waals surface area contributed by atoms with E-state index in [1.165, 1.54) is 0 Å². The molecule has 0 radical (unpaired) electrons. The maximum Gasteiger partial charge on any atom is 0.243 e. The highest BCUT2D eigenvalue weighted by Gasteiger charge is 2.29. The maximum atomic E-state index is 13.0. The minimum absolute atomic E-state index is 0.0226. The molecule has 0 atom stereocenters. The summed E-state index contributed by atoms with van der Waals surface area (Å²) in [5.74, 6) is -0.0226. The normalized spacial score (nSPS) is 18.6. The maximum absolute atomic E-state index is 13.0. The van der Waals surface area contributed by atoms with Gasteiger partial charge in [-0.1, -0.05) is 42.5 Å². The lowest BCUT2D eigenvalue weighted by Crippen LogP contribution is -2.48. The van der Waals surface area contributed by atoms with Crippen LogP contribution in [0.1, 0.15) is 17.5 Å². The van der Waals surface area contributed by atoms with Gasteiger partial charge in [0.1, 0.15) is 0 Å². The van der Waals surface area contributed by atoms with Crippen LogP contribution < -0.4 is 5.32 Å². The number of nitrogens with one attached hydrogen (secondary N) is 1. The lowest BCUT2D eigenvalue weighted by atomic mass is 10.0. The summed E-state index contributed by atoms with van der Waals surface area (Å²) in [5, 5.41) is 2.79. The summed E-state index contributed by atoms with van der Waals surface area (Å²) < 4.78 is 27.7. The number of aryl methyl sites for hydroxylation is 1. The Balaban J connectivity index is 1.36. The standard InChI is InChI=1S/C22H25N3O3S/c26-22-11-8-19-17-20(9-10-21(19)23-22)29(27,28)25-15-13-24(14-16-25)12-4-7-18-5-2-1-3-6-18/h1-7,9-10,17H,8,11-16H2,(H,23,26)/b7-4+. The molecule has 1 N–H and O–H groups in total. The Hall–Kier alpha value is -2.48. The number of fused-ring (bicyclic) bond motifs is 1. The first-order chi connectivity index (χ1) is 14.0. The Labute approximate surface area is 171 Å². The van der Waals surface area contributed by atoms with Gasteiger partial charge in [-0.15, -0.1) is 0 Å². The van der Waals surface area contributed by atoms with E-state index in [1.54, 1.807) is 22.5 Å². The van der Waals surface area contributed by atoms with Crippen molar-refractivity contribution in [3.05, 3.63) is 65.7 Å². The topological polar surface area (TPSA) is 69.7 Å². The fraction of sp³-hybridized carbons (Fsp3) is 0.318. The SMILES string of the molecule is O=C1CCc2cc(S(=O)(=O)N3CCN(C/C=C/c4ccccc4)CC3)ccc2N1. The van der Waals surface area contributed by atoms with Crippen LogP contribution >= 0.6 is 0 Å². The van der Waals surface area contributed by atoms with E-state index in [9.17, 15) is 13.2 Å². The molecule has 0 spiro atoms. The van der Waals surface area contributed by atoms with Gasteiger partial charge in [0, 0.05) is 44.8 Å². The molecule has 2 aliphatic rings. The second kappa shape index (κ2) is 8.49. The van der Waals surface area contributed by atoms with Crippen molar-refractivity contribution in [2.75, 3.05) is 38.0 Å². The Morgan fingerprint density at radius 2 is 1.72 bits per heavy atom. The highest BCUT2D eigenvalue weighted by atomic mass is 32.2. The van der Waals surface area contributed by atoms with Crippen molar-refractivity contribution in [1.82, 2.24) is 9.21 Å². The van der Waals surface area contributed by atoms with Crippen LogP contribution in [0.15, 0.2) is 59.5 Å². The third kappa shape index (κ3) is 4.58. The Bertz CT molecular complexity index is 1010. The van der Waals surface area contributed by atoms with Crippen LogP contribution in [-0.2, 0) is 21.2 Å². The molecule has 2 heterocycles. The van der Waals surface area contributed by atoms with Gasteiger partial charge in [0.25, 0.3) is 0 Å². The lowest BCUT2D eigenvalue weighted by Gasteiger charge is -2.33. The van der Waals surface area contributed by atoms with Gasteiger partial charge < -0.3 is 5.32 Å². The van der Waals surface area contributed by atoms with Crippen molar-refractivity contribution >= 4 is 27.7 Å². The van der Waals surface area contributed by atoms with Crippen LogP contribution in [-0.4, -0.2) is 56.3 Å². The van der Waals surface area contributed by atoms with Crippen LogP contribution in [0.25, 0.3) is 6.08 Å². The van der Waals surface area contributed by atoms with Gasteiger partial charge in [0.05, 0.1) is 4.90 Å². The highest BCUT2D eigenvalue weighted by Crippen LogP contribution is 2.27. The molecule has 1 saturated heterocycles. The summed E-state index contributed by atoms with van der Waals surface area (Å²) >= 11 is 0. The van der Waals surface area contributed by atoms with Crippen LogP contribution in [0, 0.1) is 0 Å². The molecule has 0 aromatic heterocycles. The first-order valence-corrected chi connectivity index (χ1v) is 11.3.